The van der Waals surface area contributed by atoms with Crippen molar-refractivity contribution in [3.63, 3.8) is 0 Å². The van der Waals surface area contributed by atoms with Gasteiger partial charge in [-0.3, -0.25) is 0 Å². The fourth-order valence-corrected chi connectivity index (χ4v) is 1.67. The van der Waals surface area contributed by atoms with Crippen LogP contribution in [0.1, 0.15) is 32.1 Å². The monoisotopic (exact) mass is 202 g/mol. The van der Waals surface area contributed by atoms with Gasteiger partial charge in [-0.1, -0.05) is 25.8 Å². The van der Waals surface area contributed by atoms with E-state index in [-0.39, 0.29) is 18.6 Å². The summed E-state index contributed by atoms with van der Waals surface area (Å²) in [5.41, 5.74) is -0.127. The largest absolute Gasteiger partial charge is 0.505 e. The molecule has 0 saturated heterocycles. The maximum absolute atomic E-state index is 8.98. The third kappa shape index (κ3) is 4.63. The Morgan fingerprint density at radius 3 is 1.86 bits per heavy atom. The van der Waals surface area contributed by atoms with Gasteiger partial charge in [0.1, 0.15) is 0 Å². The molecule has 0 aromatic carbocycles. The van der Waals surface area contributed by atoms with Crippen LogP contribution in [0.25, 0.3) is 0 Å². The number of methoxy groups -OCH3 is 1. The first-order chi connectivity index (χ1) is 6.74. The van der Waals surface area contributed by atoms with Crippen molar-refractivity contribution in [3.05, 3.63) is 12.8 Å². The fourth-order valence-electron chi connectivity index (χ4n) is 1.67. The second kappa shape index (κ2) is 7.83. The van der Waals surface area contributed by atoms with Gasteiger partial charge >= 0.3 is 0 Å². The predicted molar refractivity (Wildman–Crippen MR) is 56.9 cm³/mol. The first-order valence-corrected chi connectivity index (χ1v) is 5.10. The highest BCUT2D eigenvalue weighted by Gasteiger charge is 2.30. The lowest BCUT2D eigenvalue weighted by atomic mass is 9.75. The van der Waals surface area contributed by atoms with E-state index in [0.717, 1.165) is 12.8 Å². The summed E-state index contributed by atoms with van der Waals surface area (Å²) in [6, 6.07) is 0. The smallest absolute Gasteiger partial charge is 0.0766 e. The van der Waals surface area contributed by atoms with Crippen LogP contribution in [0.5, 0.6) is 0 Å². The van der Waals surface area contributed by atoms with Crippen LogP contribution in [0.4, 0.5) is 0 Å². The van der Waals surface area contributed by atoms with Gasteiger partial charge in [0.15, 0.2) is 0 Å². The topological polar surface area (TPSA) is 49.7 Å². The van der Waals surface area contributed by atoms with Crippen molar-refractivity contribution in [2.24, 2.45) is 5.41 Å². The maximum atomic E-state index is 8.98. The highest BCUT2D eigenvalue weighted by molar-refractivity contribution is 4.80. The summed E-state index contributed by atoms with van der Waals surface area (Å²) in [4.78, 5) is 0. The van der Waals surface area contributed by atoms with Gasteiger partial charge in [0, 0.05) is 5.41 Å². The predicted octanol–water partition coefficient (Wildman–Crippen LogP) is 1.70. The summed E-state index contributed by atoms with van der Waals surface area (Å²) in [6.45, 7) is 3.57. The van der Waals surface area contributed by atoms with E-state index in [1.54, 1.807) is 7.11 Å². The van der Waals surface area contributed by atoms with Crippen LogP contribution in [0.2, 0.25) is 0 Å². The first-order valence-electron chi connectivity index (χ1n) is 5.10. The number of hydrogen-bond donors (Lipinski definition) is 2. The zero-order valence-corrected chi connectivity index (χ0v) is 9.04. The van der Waals surface area contributed by atoms with Crippen molar-refractivity contribution >= 4 is 0 Å². The summed E-state index contributed by atoms with van der Waals surface area (Å²) in [6.07, 6.45) is 6.98. The summed E-state index contributed by atoms with van der Waals surface area (Å²) in [5.74, 6) is 0. The molecule has 1 fully saturated rings. The van der Waals surface area contributed by atoms with E-state index < -0.39 is 0 Å². The normalized spacial score (nSPS) is 19.1. The molecule has 0 bridgehead atoms. The molecule has 0 aromatic rings. The van der Waals surface area contributed by atoms with Crippen LogP contribution < -0.4 is 0 Å². The van der Waals surface area contributed by atoms with E-state index in [1.165, 1.54) is 25.5 Å². The molecular formula is C11H22O3. The zero-order valence-electron chi connectivity index (χ0n) is 9.04. The molecule has 0 aliphatic heterocycles. The van der Waals surface area contributed by atoms with Crippen molar-refractivity contribution in [3.8, 4) is 0 Å². The molecule has 1 rings (SSSR count). The number of aliphatic hydroxyl groups excluding tert-OH is 2. The third-order valence-electron chi connectivity index (χ3n) is 2.75. The molecule has 0 spiro atoms. The van der Waals surface area contributed by atoms with Crippen LogP contribution in [-0.4, -0.2) is 30.5 Å². The first kappa shape index (κ1) is 13.5. The summed E-state index contributed by atoms with van der Waals surface area (Å²) in [5, 5.41) is 18.0. The van der Waals surface area contributed by atoms with E-state index >= 15 is 0 Å². The molecule has 2 N–H and O–H groups in total. The van der Waals surface area contributed by atoms with Gasteiger partial charge in [-0.05, 0) is 12.8 Å². The van der Waals surface area contributed by atoms with E-state index in [0.29, 0.717) is 0 Å². The van der Waals surface area contributed by atoms with Crippen LogP contribution in [0.3, 0.4) is 0 Å². The van der Waals surface area contributed by atoms with Crippen LogP contribution in [0.15, 0.2) is 12.8 Å². The maximum Gasteiger partial charge on any atom is 0.0766 e. The van der Waals surface area contributed by atoms with Gasteiger partial charge in [0.25, 0.3) is 0 Å². The fraction of sp³-hybridized carbons (Fsp3) is 0.818. The van der Waals surface area contributed by atoms with Crippen LogP contribution in [0, 0.1) is 5.41 Å². The van der Waals surface area contributed by atoms with Gasteiger partial charge < -0.3 is 14.9 Å². The number of rotatable bonds is 3. The average molecular weight is 202 g/mol. The minimum absolute atomic E-state index is 0.127. The van der Waals surface area contributed by atoms with E-state index in [1.807, 2.05) is 0 Å². The van der Waals surface area contributed by atoms with Gasteiger partial charge in [-0.15, -0.1) is 0 Å². The summed E-state index contributed by atoms with van der Waals surface area (Å²) in [7, 11) is 1.56. The van der Waals surface area contributed by atoms with Crippen LogP contribution in [-0.2, 0) is 4.74 Å². The third-order valence-corrected chi connectivity index (χ3v) is 2.75. The second-order valence-electron chi connectivity index (χ2n) is 3.78. The molecule has 0 atom stereocenters. The van der Waals surface area contributed by atoms with Crippen molar-refractivity contribution in [1.29, 1.82) is 0 Å². The molecule has 0 radical (unpaired) electrons. The molecule has 3 heteroatoms. The quantitative estimate of drug-likeness (QED) is 0.685. The Bertz CT molecular complexity index is 133. The molecule has 1 saturated carbocycles. The zero-order chi connectivity index (χ0) is 10.9. The second-order valence-corrected chi connectivity index (χ2v) is 3.78. The number of ether oxygens (including phenoxy) is 1. The number of aliphatic hydroxyl groups is 2. The van der Waals surface area contributed by atoms with Crippen molar-refractivity contribution in [2.45, 2.75) is 32.1 Å². The Kier molecular flexibility index (Phi) is 7.52. The standard InChI is InChI=1S/C8H16O2.C3H6O/c9-6-8(7-10)4-2-1-3-5-8;1-3-4-2/h9-10H,1-7H2;3H,1H2,2H3. The van der Waals surface area contributed by atoms with E-state index in [9.17, 15) is 0 Å². The highest BCUT2D eigenvalue weighted by Crippen LogP contribution is 2.34. The minimum atomic E-state index is -0.127. The highest BCUT2D eigenvalue weighted by atomic mass is 16.5. The van der Waals surface area contributed by atoms with Gasteiger partial charge in [0.2, 0.25) is 0 Å². The molecule has 14 heavy (non-hydrogen) atoms. The molecular weight excluding hydrogens is 180 g/mol. The molecule has 84 valence electrons. The molecule has 0 aromatic heterocycles. The van der Waals surface area contributed by atoms with Crippen molar-refractivity contribution in [1.82, 2.24) is 0 Å². The lowest BCUT2D eigenvalue weighted by Gasteiger charge is -2.33. The summed E-state index contributed by atoms with van der Waals surface area (Å²) >= 11 is 0. The van der Waals surface area contributed by atoms with Gasteiger partial charge in [-0.25, -0.2) is 0 Å². The molecule has 1 aliphatic carbocycles. The lowest BCUT2D eigenvalue weighted by molar-refractivity contribution is 0.0234. The van der Waals surface area contributed by atoms with Gasteiger partial charge in [-0.2, -0.15) is 0 Å². The average Bonchev–Trinajstić information content (AvgIpc) is 2.30. The Hall–Kier alpha value is -0.540. The SMILES string of the molecule is C=COC.OCC1(CO)CCCCC1. The van der Waals surface area contributed by atoms with E-state index in [2.05, 4.69) is 11.3 Å². The number of hydrogen-bond acceptors (Lipinski definition) is 3. The molecule has 3 nitrogen and oxygen atoms in total. The van der Waals surface area contributed by atoms with E-state index in [4.69, 9.17) is 10.2 Å². The molecule has 0 heterocycles. The Balaban J connectivity index is 0.000000364. The molecule has 1 aliphatic rings. The van der Waals surface area contributed by atoms with Crippen molar-refractivity contribution < 1.29 is 14.9 Å². The molecule has 0 unspecified atom stereocenters. The van der Waals surface area contributed by atoms with Crippen LogP contribution >= 0.6 is 0 Å². The minimum Gasteiger partial charge on any atom is -0.505 e. The Labute approximate surface area is 86.4 Å². The summed E-state index contributed by atoms with van der Waals surface area (Å²) < 4.78 is 4.31. The molecule has 0 amide bonds. The van der Waals surface area contributed by atoms with Crippen molar-refractivity contribution in [2.75, 3.05) is 20.3 Å². The Morgan fingerprint density at radius 2 is 1.64 bits per heavy atom. The lowest BCUT2D eigenvalue weighted by Crippen LogP contribution is -2.31. The van der Waals surface area contributed by atoms with Gasteiger partial charge in [0.05, 0.1) is 26.6 Å². The Morgan fingerprint density at radius 1 is 1.21 bits per heavy atom.